The van der Waals surface area contributed by atoms with Gasteiger partial charge in [-0.1, -0.05) is 54.6 Å². The summed E-state index contributed by atoms with van der Waals surface area (Å²) >= 11 is 0. The van der Waals surface area contributed by atoms with Crippen LogP contribution in [-0.2, 0) is 19.1 Å². The zero-order valence-electron chi connectivity index (χ0n) is 17.3. The van der Waals surface area contributed by atoms with Crippen molar-refractivity contribution in [3.05, 3.63) is 72.3 Å². The molecule has 7 heteroatoms. The number of aliphatic carboxylic acids is 1. The van der Waals surface area contributed by atoms with Crippen LogP contribution >= 0.6 is 0 Å². The number of nitrogens with zero attached hydrogens (tertiary/aromatic N) is 1. The van der Waals surface area contributed by atoms with E-state index in [9.17, 15) is 19.5 Å². The number of hydrogen-bond donors (Lipinski definition) is 1. The van der Waals surface area contributed by atoms with Crippen LogP contribution in [0.5, 0.6) is 0 Å². The molecular weight excluding hydrogens is 398 g/mol. The van der Waals surface area contributed by atoms with Crippen LogP contribution in [0, 0.1) is 0 Å². The maximum Gasteiger partial charge on any atom is 0.410 e. The van der Waals surface area contributed by atoms with E-state index in [0.29, 0.717) is 6.42 Å². The Hall–Kier alpha value is -3.61. The molecule has 31 heavy (non-hydrogen) atoms. The smallest absolute Gasteiger partial charge is 0.410 e. The SMILES string of the molecule is C=CCCN(C(=O)OCC1c2ccccc2-c2ccccc21)[C@@H](CC(=O)OC)C(=O)O. The van der Waals surface area contributed by atoms with Gasteiger partial charge in [0.15, 0.2) is 0 Å². The van der Waals surface area contributed by atoms with Crippen LogP contribution in [-0.4, -0.2) is 54.3 Å². The Kier molecular flexibility index (Phi) is 7.07. The first-order chi connectivity index (χ1) is 15.0. The molecule has 0 fully saturated rings. The number of carbonyl (C=O) groups excluding carboxylic acids is 2. The monoisotopic (exact) mass is 423 g/mol. The summed E-state index contributed by atoms with van der Waals surface area (Å²) in [5, 5.41) is 9.59. The molecule has 0 unspecified atom stereocenters. The van der Waals surface area contributed by atoms with Crippen LogP contribution in [0.15, 0.2) is 61.2 Å². The maximum atomic E-state index is 12.9. The highest BCUT2D eigenvalue weighted by Crippen LogP contribution is 2.44. The standard InChI is InChI=1S/C24H25NO6/c1-3-4-13-25(21(23(27)28)14-22(26)30-2)24(29)31-15-20-18-11-7-5-9-16(18)17-10-6-8-12-19(17)20/h3,5-12,20-21H,1,4,13-15H2,2H3,(H,27,28)/t21-/m0/s1. The number of amides is 1. The van der Waals surface area contributed by atoms with Crippen LogP contribution in [0.4, 0.5) is 4.79 Å². The number of ether oxygens (including phenoxy) is 2. The number of methoxy groups -OCH3 is 1. The summed E-state index contributed by atoms with van der Waals surface area (Å²) < 4.78 is 10.2. The fourth-order valence-electron chi connectivity index (χ4n) is 3.85. The predicted octanol–water partition coefficient (Wildman–Crippen LogP) is 3.83. The van der Waals surface area contributed by atoms with Crippen LogP contribution in [0.1, 0.15) is 29.9 Å². The van der Waals surface area contributed by atoms with E-state index >= 15 is 0 Å². The van der Waals surface area contributed by atoms with Crippen molar-refractivity contribution in [3.63, 3.8) is 0 Å². The fourth-order valence-corrected chi connectivity index (χ4v) is 3.85. The lowest BCUT2D eigenvalue weighted by atomic mass is 9.98. The van der Waals surface area contributed by atoms with E-state index in [2.05, 4.69) is 11.3 Å². The van der Waals surface area contributed by atoms with Crippen molar-refractivity contribution in [3.8, 4) is 11.1 Å². The van der Waals surface area contributed by atoms with Gasteiger partial charge in [-0.05, 0) is 28.7 Å². The van der Waals surface area contributed by atoms with E-state index < -0.39 is 30.5 Å². The third-order valence-electron chi connectivity index (χ3n) is 5.39. The van der Waals surface area contributed by atoms with Gasteiger partial charge in [-0.15, -0.1) is 6.58 Å². The lowest BCUT2D eigenvalue weighted by molar-refractivity contribution is -0.150. The maximum absolute atomic E-state index is 12.9. The number of fused-ring (bicyclic) bond motifs is 3. The van der Waals surface area contributed by atoms with Gasteiger partial charge in [0, 0.05) is 12.5 Å². The number of carbonyl (C=O) groups is 3. The minimum atomic E-state index is -1.39. The third-order valence-corrected chi connectivity index (χ3v) is 5.39. The van der Waals surface area contributed by atoms with Gasteiger partial charge in [0.05, 0.1) is 13.5 Å². The first kappa shape index (κ1) is 22.1. The molecule has 2 aromatic rings. The number of esters is 1. The van der Waals surface area contributed by atoms with Gasteiger partial charge in [-0.25, -0.2) is 9.59 Å². The van der Waals surface area contributed by atoms with Crippen molar-refractivity contribution < 1.29 is 29.0 Å². The summed E-state index contributed by atoms with van der Waals surface area (Å²) in [4.78, 5) is 37.4. The molecule has 3 rings (SSSR count). The number of carboxylic acids is 1. The molecule has 0 bridgehead atoms. The Morgan fingerprint density at radius 3 is 2.19 bits per heavy atom. The molecule has 162 valence electrons. The average molecular weight is 423 g/mol. The number of rotatable bonds is 9. The molecule has 1 aliphatic carbocycles. The van der Waals surface area contributed by atoms with Gasteiger partial charge in [-0.2, -0.15) is 0 Å². The van der Waals surface area contributed by atoms with E-state index in [-0.39, 0.29) is 19.1 Å². The normalized spacial score (nSPS) is 12.9. The molecule has 1 atom stereocenters. The summed E-state index contributed by atoms with van der Waals surface area (Å²) in [5.74, 6) is -2.17. The van der Waals surface area contributed by atoms with Gasteiger partial charge >= 0.3 is 18.0 Å². The first-order valence-electron chi connectivity index (χ1n) is 10.00. The molecule has 1 amide bonds. The largest absolute Gasteiger partial charge is 0.480 e. The summed E-state index contributed by atoms with van der Waals surface area (Å²) in [6.45, 7) is 3.74. The van der Waals surface area contributed by atoms with Crippen molar-refractivity contribution in [2.45, 2.75) is 24.8 Å². The number of hydrogen-bond acceptors (Lipinski definition) is 5. The van der Waals surface area contributed by atoms with Crippen molar-refractivity contribution in [2.75, 3.05) is 20.3 Å². The highest BCUT2D eigenvalue weighted by Gasteiger charge is 2.34. The van der Waals surface area contributed by atoms with Crippen LogP contribution in [0.2, 0.25) is 0 Å². The van der Waals surface area contributed by atoms with Gasteiger partial charge in [-0.3, -0.25) is 9.69 Å². The zero-order chi connectivity index (χ0) is 22.4. The van der Waals surface area contributed by atoms with Crippen molar-refractivity contribution in [2.24, 2.45) is 0 Å². The molecule has 0 aliphatic heterocycles. The minimum absolute atomic E-state index is 0.0576. The average Bonchev–Trinajstić information content (AvgIpc) is 3.10. The van der Waals surface area contributed by atoms with Crippen molar-refractivity contribution >= 4 is 18.0 Å². The Morgan fingerprint density at radius 1 is 1.10 bits per heavy atom. The summed E-state index contributed by atoms with van der Waals surface area (Å²) in [5.41, 5.74) is 4.30. The van der Waals surface area contributed by atoms with Gasteiger partial charge in [0.2, 0.25) is 0 Å². The van der Waals surface area contributed by atoms with Gasteiger partial charge < -0.3 is 14.6 Å². The molecule has 0 radical (unpaired) electrons. The molecule has 0 aromatic heterocycles. The second-order valence-electron chi connectivity index (χ2n) is 7.21. The predicted molar refractivity (Wildman–Crippen MR) is 115 cm³/mol. The molecule has 7 nitrogen and oxygen atoms in total. The Balaban J connectivity index is 1.80. The van der Waals surface area contributed by atoms with Crippen LogP contribution in [0.25, 0.3) is 11.1 Å². The third kappa shape index (κ3) is 4.77. The summed E-state index contributed by atoms with van der Waals surface area (Å²) in [6.07, 6.45) is 0.670. The molecule has 1 aliphatic rings. The lowest BCUT2D eigenvalue weighted by Gasteiger charge is -2.28. The number of benzene rings is 2. The van der Waals surface area contributed by atoms with E-state index in [1.54, 1.807) is 6.08 Å². The Bertz CT molecular complexity index is 940. The molecular formula is C24H25NO6. The molecule has 0 spiro atoms. The lowest BCUT2D eigenvalue weighted by Crippen LogP contribution is -2.47. The molecule has 1 N–H and O–H groups in total. The van der Waals surface area contributed by atoms with Crippen LogP contribution < -0.4 is 0 Å². The van der Waals surface area contributed by atoms with E-state index in [4.69, 9.17) is 4.74 Å². The van der Waals surface area contributed by atoms with Gasteiger partial charge in [0.25, 0.3) is 0 Å². The Labute approximate surface area is 180 Å². The van der Waals surface area contributed by atoms with Crippen LogP contribution in [0.3, 0.4) is 0 Å². The number of carboxylic acid groups (broad SMARTS) is 1. The summed E-state index contributed by atoms with van der Waals surface area (Å²) in [7, 11) is 1.17. The molecule has 0 saturated heterocycles. The zero-order valence-corrected chi connectivity index (χ0v) is 17.3. The minimum Gasteiger partial charge on any atom is -0.480 e. The fraction of sp³-hybridized carbons (Fsp3) is 0.292. The second-order valence-corrected chi connectivity index (χ2v) is 7.21. The summed E-state index contributed by atoms with van der Waals surface area (Å²) in [6, 6.07) is 14.5. The topological polar surface area (TPSA) is 93.1 Å². The first-order valence-corrected chi connectivity index (χ1v) is 10.00. The van der Waals surface area contributed by atoms with Crippen molar-refractivity contribution in [1.29, 1.82) is 0 Å². The van der Waals surface area contributed by atoms with E-state index in [0.717, 1.165) is 27.2 Å². The van der Waals surface area contributed by atoms with E-state index in [1.807, 2.05) is 48.5 Å². The molecule has 0 heterocycles. The molecule has 0 saturated carbocycles. The highest BCUT2D eigenvalue weighted by atomic mass is 16.6. The quantitative estimate of drug-likeness (QED) is 0.487. The van der Waals surface area contributed by atoms with E-state index in [1.165, 1.54) is 7.11 Å². The Morgan fingerprint density at radius 2 is 1.68 bits per heavy atom. The molecule has 2 aromatic carbocycles. The van der Waals surface area contributed by atoms with Gasteiger partial charge in [0.1, 0.15) is 12.6 Å². The highest BCUT2D eigenvalue weighted by molar-refractivity contribution is 5.85. The van der Waals surface area contributed by atoms with Crippen molar-refractivity contribution in [1.82, 2.24) is 4.90 Å². The second kappa shape index (κ2) is 9.93.